The molecule has 1 amide bonds. The Hall–Kier alpha value is -3.42. The van der Waals surface area contributed by atoms with Crippen LogP contribution in [0.25, 0.3) is 16.7 Å². The molecule has 0 radical (unpaired) electrons. The van der Waals surface area contributed by atoms with Crippen molar-refractivity contribution in [3.05, 3.63) is 52.9 Å². The van der Waals surface area contributed by atoms with Crippen LogP contribution in [-0.4, -0.2) is 31.3 Å². The van der Waals surface area contributed by atoms with Crippen molar-refractivity contribution < 1.29 is 14.7 Å². The maximum Gasteiger partial charge on any atom is 0.303 e. The SMILES string of the molecule is O=C(O)CCC(=O)Nc1ccc2c(c1)c(=O)n(-c1ccccn1)n2C1CCCCC1. The van der Waals surface area contributed by atoms with Crippen LogP contribution in [-0.2, 0) is 9.59 Å². The van der Waals surface area contributed by atoms with Crippen LogP contribution in [0.3, 0.4) is 0 Å². The van der Waals surface area contributed by atoms with E-state index in [2.05, 4.69) is 15.0 Å². The lowest BCUT2D eigenvalue weighted by Crippen LogP contribution is -2.26. The molecule has 1 aromatic carbocycles. The zero-order valence-corrected chi connectivity index (χ0v) is 16.6. The third-order valence-corrected chi connectivity index (χ3v) is 5.52. The topological polar surface area (TPSA) is 106 Å². The Bertz CT molecular complexity index is 1130. The number of aliphatic carboxylic acids is 1. The summed E-state index contributed by atoms with van der Waals surface area (Å²) in [7, 11) is 0. The minimum Gasteiger partial charge on any atom is -0.481 e. The van der Waals surface area contributed by atoms with Gasteiger partial charge in [0.15, 0.2) is 5.82 Å². The lowest BCUT2D eigenvalue weighted by molar-refractivity contribution is -0.138. The number of pyridine rings is 1. The molecule has 3 aromatic rings. The maximum atomic E-state index is 13.4. The molecule has 1 aliphatic rings. The van der Waals surface area contributed by atoms with E-state index in [1.165, 1.54) is 6.42 Å². The lowest BCUT2D eigenvalue weighted by atomic mass is 9.95. The monoisotopic (exact) mass is 408 g/mol. The number of anilines is 1. The average Bonchev–Trinajstić information content (AvgIpc) is 3.05. The molecule has 0 atom stereocenters. The average molecular weight is 408 g/mol. The Morgan fingerprint density at radius 2 is 1.90 bits per heavy atom. The molecule has 2 aromatic heterocycles. The zero-order chi connectivity index (χ0) is 21.1. The molecule has 0 unspecified atom stereocenters. The van der Waals surface area contributed by atoms with Crippen molar-refractivity contribution in [2.45, 2.75) is 51.0 Å². The largest absolute Gasteiger partial charge is 0.481 e. The summed E-state index contributed by atoms with van der Waals surface area (Å²) < 4.78 is 3.69. The second-order valence-corrected chi connectivity index (χ2v) is 7.62. The molecule has 2 N–H and O–H groups in total. The number of carboxylic acid groups (broad SMARTS) is 1. The highest BCUT2D eigenvalue weighted by Crippen LogP contribution is 2.32. The van der Waals surface area contributed by atoms with Gasteiger partial charge in [0.25, 0.3) is 5.56 Å². The summed E-state index contributed by atoms with van der Waals surface area (Å²) in [6.07, 6.45) is 6.77. The van der Waals surface area contributed by atoms with Gasteiger partial charge in [-0.1, -0.05) is 25.3 Å². The summed E-state index contributed by atoms with van der Waals surface area (Å²) in [4.78, 5) is 40.4. The van der Waals surface area contributed by atoms with Gasteiger partial charge in [0, 0.05) is 18.3 Å². The van der Waals surface area contributed by atoms with E-state index in [1.54, 1.807) is 23.0 Å². The summed E-state index contributed by atoms with van der Waals surface area (Å²) in [6.45, 7) is 0. The first-order valence-electron chi connectivity index (χ1n) is 10.2. The van der Waals surface area contributed by atoms with E-state index in [4.69, 9.17) is 5.11 Å². The number of fused-ring (bicyclic) bond motifs is 1. The molecule has 1 aliphatic carbocycles. The number of carbonyl (C=O) groups excluding carboxylic acids is 1. The van der Waals surface area contributed by atoms with Crippen molar-refractivity contribution in [1.82, 2.24) is 14.3 Å². The molecule has 4 rings (SSSR count). The molecule has 8 heteroatoms. The standard InChI is InChI=1S/C22H24N4O4/c27-20(11-12-21(28)29)24-15-9-10-18-17(14-15)22(30)26(19-8-4-5-13-23-19)25(18)16-6-2-1-3-7-16/h4-5,8-10,13-14,16H,1-3,6-7,11-12H2,(H,24,27)(H,28,29). The van der Waals surface area contributed by atoms with Crippen LogP contribution in [0.4, 0.5) is 5.69 Å². The van der Waals surface area contributed by atoms with Gasteiger partial charge in [0.2, 0.25) is 5.91 Å². The van der Waals surface area contributed by atoms with E-state index >= 15 is 0 Å². The van der Waals surface area contributed by atoms with Gasteiger partial charge in [0.05, 0.1) is 23.4 Å². The highest BCUT2D eigenvalue weighted by atomic mass is 16.4. The predicted molar refractivity (Wildman–Crippen MR) is 113 cm³/mol. The molecule has 156 valence electrons. The predicted octanol–water partition coefficient (Wildman–Crippen LogP) is 3.50. The number of hydrogen-bond donors (Lipinski definition) is 2. The molecular formula is C22H24N4O4. The van der Waals surface area contributed by atoms with Gasteiger partial charge in [-0.05, 0) is 43.2 Å². The van der Waals surface area contributed by atoms with E-state index in [0.29, 0.717) is 16.9 Å². The Morgan fingerprint density at radius 3 is 2.60 bits per heavy atom. The molecule has 0 bridgehead atoms. The van der Waals surface area contributed by atoms with Gasteiger partial charge in [-0.2, -0.15) is 4.68 Å². The van der Waals surface area contributed by atoms with Crippen molar-refractivity contribution in [2.75, 3.05) is 5.32 Å². The summed E-state index contributed by atoms with van der Waals surface area (Å²) in [5.74, 6) is -0.853. The third kappa shape index (κ3) is 3.98. The zero-order valence-electron chi connectivity index (χ0n) is 16.6. The van der Waals surface area contributed by atoms with Crippen molar-refractivity contribution in [2.24, 2.45) is 0 Å². The van der Waals surface area contributed by atoms with Gasteiger partial charge in [-0.25, -0.2) is 4.98 Å². The minimum absolute atomic E-state index is 0.116. The lowest BCUT2D eigenvalue weighted by Gasteiger charge is -2.26. The smallest absolute Gasteiger partial charge is 0.303 e. The molecule has 0 saturated heterocycles. The van der Waals surface area contributed by atoms with Crippen molar-refractivity contribution in [3.63, 3.8) is 0 Å². The quantitative estimate of drug-likeness (QED) is 0.649. The fraction of sp³-hybridized carbons (Fsp3) is 0.364. The Labute approximate surface area is 173 Å². The second kappa shape index (κ2) is 8.52. The molecular weight excluding hydrogens is 384 g/mol. The highest BCUT2D eigenvalue weighted by Gasteiger charge is 2.24. The molecule has 2 heterocycles. The molecule has 0 spiro atoms. The summed E-state index contributed by atoms with van der Waals surface area (Å²) in [5, 5.41) is 11.9. The second-order valence-electron chi connectivity index (χ2n) is 7.62. The molecule has 30 heavy (non-hydrogen) atoms. The van der Waals surface area contributed by atoms with Gasteiger partial charge in [-0.15, -0.1) is 0 Å². The Balaban J connectivity index is 1.77. The number of nitrogens with zero attached hydrogens (tertiary/aromatic N) is 3. The summed E-state index contributed by atoms with van der Waals surface area (Å²) >= 11 is 0. The minimum atomic E-state index is -1.02. The molecule has 0 aliphatic heterocycles. The number of rotatable bonds is 6. The van der Waals surface area contributed by atoms with Crippen molar-refractivity contribution >= 4 is 28.5 Å². The number of nitrogens with one attached hydrogen (secondary N) is 1. The van der Waals surface area contributed by atoms with Crippen LogP contribution in [0.2, 0.25) is 0 Å². The summed E-state index contributed by atoms with van der Waals surface area (Å²) in [6, 6.07) is 10.9. The number of aromatic nitrogens is 3. The van der Waals surface area contributed by atoms with Crippen LogP contribution >= 0.6 is 0 Å². The van der Waals surface area contributed by atoms with Gasteiger partial charge < -0.3 is 10.4 Å². The van der Waals surface area contributed by atoms with Crippen LogP contribution in [0.5, 0.6) is 0 Å². The number of carboxylic acids is 1. The molecule has 8 nitrogen and oxygen atoms in total. The molecule has 1 fully saturated rings. The Morgan fingerprint density at radius 1 is 1.10 bits per heavy atom. The van der Waals surface area contributed by atoms with Crippen LogP contribution in [0.15, 0.2) is 47.4 Å². The first-order chi connectivity index (χ1) is 14.5. The highest BCUT2D eigenvalue weighted by molar-refractivity contribution is 5.94. The van der Waals surface area contributed by atoms with Crippen LogP contribution in [0, 0.1) is 0 Å². The van der Waals surface area contributed by atoms with E-state index < -0.39 is 11.9 Å². The fourth-order valence-electron chi connectivity index (χ4n) is 4.13. The Kier molecular flexibility index (Phi) is 5.65. The van der Waals surface area contributed by atoms with E-state index in [1.807, 2.05) is 24.3 Å². The van der Waals surface area contributed by atoms with Crippen molar-refractivity contribution in [1.29, 1.82) is 0 Å². The van der Waals surface area contributed by atoms with Crippen molar-refractivity contribution in [3.8, 4) is 5.82 Å². The van der Waals surface area contributed by atoms with E-state index in [-0.39, 0.29) is 24.4 Å². The fourth-order valence-corrected chi connectivity index (χ4v) is 4.13. The number of benzene rings is 1. The number of carbonyl (C=O) groups is 2. The van der Waals surface area contributed by atoms with Crippen LogP contribution < -0.4 is 10.9 Å². The van der Waals surface area contributed by atoms with Gasteiger partial charge in [0.1, 0.15) is 0 Å². The third-order valence-electron chi connectivity index (χ3n) is 5.52. The van der Waals surface area contributed by atoms with E-state index in [9.17, 15) is 14.4 Å². The summed E-state index contributed by atoms with van der Waals surface area (Å²) in [5.41, 5.74) is 1.10. The van der Waals surface area contributed by atoms with Gasteiger partial charge in [-0.3, -0.25) is 19.1 Å². The first-order valence-corrected chi connectivity index (χ1v) is 10.2. The maximum absolute atomic E-state index is 13.4. The first kappa shape index (κ1) is 19.9. The number of hydrogen-bond acceptors (Lipinski definition) is 4. The normalized spacial score (nSPS) is 14.7. The van der Waals surface area contributed by atoms with Crippen LogP contribution in [0.1, 0.15) is 51.0 Å². The number of amides is 1. The van der Waals surface area contributed by atoms with Gasteiger partial charge >= 0.3 is 5.97 Å². The molecule has 1 saturated carbocycles. The van der Waals surface area contributed by atoms with E-state index in [0.717, 1.165) is 31.2 Å².